The number of aryl methyl sites for hydroxylation is 1. The number of aromatic nitrogens is 3. The molecule has 0 saturated heterocycles. The zero-order valence-electron chi connectivity index (χ0n) is 15.0. The summed E-state index contributed by atoms with van der Waals surface area (Å²) in [5, 5.41) is 9.07. The Morgan fingerprint density at radius 1 is 1.07 bits per heavy atom. The van der Waals surface area contributed by atoms with E-state index in [0.717, 1.165) is 22.0 Å². The zero-order valence-corrected chi connectivity index (χ0v) is 15.0. The van der Waals surface area contributed by atoms with Crippen molar-refractivity contribution in [2.45, 2.75) is 6.92 Å². The van der Waals surface area contributed by atoms with Crippen LogP contribution in [0, 0.1) is 6.92 Å². The molecule has 0 aliphatic heterocycles. The van der Waals surface area contributed by atoms with Crippen molar-refractivity contribution in [1.29, 1.82) is 0 Å². The van der Waals surface area contributed by atoms with Crippen LogP contribution in [-0.2, 0) is 0 Å². The number of methoxy groups -OCH3 is 1. The summed E-state index contributed by atoms with van der Waals surface area (Å²) in [6.45, 7) is 1.90. The monoisotopic (exact) mass is 358 g/mol. The van der Waals surface area contributed by atoms with E-state index in [1.807, 2.05) is 67.7 Å². The van der Waals surface area contributed by atoms with Crippen molar-refractivity contribution in [3.05, 3.63) is 78.1 Å². The van der Waals surface area contributed by atoms with Gasteiger partial charge >= 0.3 is 0 Å². The predicted molar refractivity (Wildman–Crippen MR) is 105 cm³/mol. The van der Waals surface area contributed by atoms with Gasteiger partial charge in [-0.2, -0.15) is 0 Å². The van der Waals surface area contributed by atoms with Gasteiger partial charge in [0.25, 0.3) is 5.91 Å². The molecular formula is C21H18N4O2. The molecule has 0 fully saturated rings. The molecule has 0 aliphatic carbocycles. The highest BCUT2D eigenvalue weighted by molar-refractivity contribution is 6.05. The molecule has 0 saturated carbocycles. The Hall–Kier alpha value is -3.67. The van der Waals surface area contributed by atoms with E-state index in [-0.39, 0.29) is 11.6 Å². The Morgan fingerprint density at radius 2 is 1.81 bits per heavy atom. The van der Waals surface area contributed by atoms with Crippen LogP contribution < -0.4 is 10.1 Å². The van der Waals surface area contributed by atoms with Crippen molar-refractivity contribution in [2.24, 2.45) is 0 Å². The molecule has 0 aliphatic rings. The maximum absolute atomic E-state index is 12.7. The number of fused-ring (bicyclic) bond motifs is 1. The van der Waals surface area contributed by atoms with Crippen molar-refractivity contribution in [1.82, 2.24) is 14.8 Å². The Kier molecular flexibility index (Phi) is 4.30. The molecule has 6 nitrogen and oxygen atoms in total. The average molecular weight is 358 g/mol. The van der Waals surface area contributed by atoms with Gasteiger partial charge in [0, 0.05) is 17.1 Å². The number of para-hydroxylation sites is 1. The third kappa shape index (κ3) is 3.25. The molecule has 0 unspecified atom stereocenters. The second-order valence-corrected chi connectivity index (χ2v) is 6.13. The van der Waals surface area contributed by atoms with Crippen LogP contribution in [0.1, 0.15) is 16.1 Å². The number of hydrogen-bond acceptors (Lipinski definition) is 4. The molecule has 6 heteroatoms. The molecule has 4 aromatic rings. The van der Waals surface area contributed by atoms with Gasteiger partial charge in [0.1, 0.15) is 5.69 Å². The second-order valence-electron chi connectivity index (χ2n) is 6.13. The zero-order chi connectivity index (χ0) is 18.8. The van der Waals surface area contributed by atoms with Gasteiger partial charge in [-0.25, -0.2) is 9.67 Å². The number of pyridine rings is 1. The Morgan fingerprint density at radius 3 is 2.59 bits per heavy atom. The van der Waals surface area contributed by atoms with Gasteiger partial charge in [-0.15, -0.1) is 5.10 Å². The molecule has 1 amide bonds. The van der Waals surface area contributed by atoms with E-state index in [1.54, 1.807) is 17.9 Å². The highest BCUT2D eigenvalue weighted by Crippen LogP contribution is 2.25. The summed E-state index contributed by atoms with van der Waals surface area (Å²) in [7, 11) is 1.54. The average Bonchev–Trinajstić information content (AvgIpc) is 3.08. The van der Waals surface area contributed by atoms with Gasteiger partial charge in [0.05, 0.1) is 12.8 Å². The number of ether oxygens (including phenoxy) is 1. The van der Waals surface area contributed by atoms with E-state index in [1.165, 1.54) is 0 Å². The number of rotatable bonds is 4. The Balaban J connectivity index is 1.65. The van der Waals surface area contributed by atoms with E-state index < -0.39 is 0 Å². The molecule has 134 valence electrons. The fourth-order valence-electron chi connectivity index (χ4n) is 2.91. The SMILES string of the molecule is COc1nc(C(=O)Nc2nn(-c3ccccc3)cc2C)cc2ccccc12. The number of nitrogens with one attached hydrogen (secondary N) is 1. The van der Waals surface area contributed by atoms with Crippen LogP contribution in [0.3, 0.4) is 0 Å². The maximum atomic E-state index is 12.7. The summed E-state index contributed by atoms with van der Waals surface area (Å²) < 4.78 is 7.08. The summed E-state index contributed by atoms with van der Waals surface area (Å²) in [6.07, 6.45) is 1.87. The topological polar surface area (TPSA) is 69.0 Å². The van der Waals surface area contributed by atoms with Crippen LogP contribution in [0.5, 0.6) is 5.88 Å². The lowest BCUT2D eigenvalue weighted by Crippen LogP contribution is -2.15. The highest BCUT2D eigenvalue weighted by Gasteiger charge is 2.15. The molecule has 4 rings (SSSR count). The third-order valence-electron chi connectivity index (χ3n) is 4.28. The minimum Gasteiger partial charge on any atom is -0.481 e. The quantitative estimate of drug-likeness (QED) is 0.599. The largest absolute Gasteiger partial charge is 0.481 e. The summed E-state index contributed by atoms with van der Waals surface area (Å²) in [5.41, 5.74) is 2.06. The van der Waals surface area contributed by atoms with E-state index in [0.29, 0.717) is 11.7 Å². The Bertz CT molecular complexity index is 1120. The summed E-state index contributed by atoms with van der Waals surface area (Å²) in [6, 6.07) is 19.1. The number of nitrogens with zero attached hydrogens (tertiary/aromatic N) is 3. The van der Waals surface area contributed by atoms with Crippen LogP contribution in [0.4, 0.5) is 5.82 Å². The maximum Gasteiger partial charge on any atom is 0.275 e. The van der Waals surface area contributed by atoms with E-state index in [4.69, 9.17) is 4.74 Å². The molecule has 0 bridgehead atoms. The number of hydrogen-bond donors (Lipinski definition) is 1. The van der Waals surface area contributed by atoms with Crippen molar-refractivity contribution >= 4 is 22.5 Å². The summed E-state index contributed by atoms with van der Waals surface area (Å²) in [5.74, 6) is 0.586. The van der Waals surface area contributed by atoms with Crippen molar-refractivity contribution in [2.75, 3.05) is 12.4 Å². The molecule has 0 radical (unpaired) electrons. The minimum absolute atomic E-state index is 0.277. The highest BCUT2D eigenvalue weighted by atomic mass is 16.5. The van der Waals surface area contributed by atoms with E-state index in [9.17, 15) is 4.79 Å². The number of amides is 1. The molecule has 2 aromatic heterocycles. The fraction of sp³-hybridized carbons (Fsp3) is 0.0952. The predicted octanol–water partition coefficient (Wildman–Crippen LogP) is 3.99. The summed E-state index contributed by atoms with van der Waals surface area (Å²) in [4.78, 5) is 17.1. The first-order valence-corrected chi connectivity index (χ1v) is 8.52. The summed E-state index contributed by atoms with van der Waals surface area (Å²) >= 11 is 0. The standard InChI is InChI=1S/C21H18N4O2/c1-14-13-25(16-9-4-3-5-10-16)24-19(14)23-20(26)18-12-15-8-6-7-11-17(15)21(22-18)27-2/h3-13H,1-2H3,(H,23,24,26). The van der Waals surface area contributed by atoms with E-state index in [2.05, 4.69) is 15.4 Å². The van der Waals surface area contributed by atoms with Gasteiger partial charge in [-0.05, 0) is 36.6 Å². The molecule has 2 heterocycles. The molecule has 0 spiro atoms. The van der Waals surface area contributed by atoms with Crippen molar-refractivity contribution < 1.29 is 9.53 Å². The first kappa shape index (κ1) is 16.8. The smallest absolute Gasteiger partial charge is 0.275 e. The second kappa shape index (κ2) is 6.92. The minimum atomic E-state index is -0.333. The van der Waals surface area contributed by atoms with Crippen LogP contribution in [0.2, 0.25) is 0 Å². The number of carbonyl (C=O) groups is 1. The first-order chi connectivity index (χ1) is 13.2. The van der Waals surface area contributed by atoms with Gasteiger partial charge in [0.15, 0.2) is 5.82 Å². The van der Waals surface area contributed by atoms with Gasteiger partial charge in [0.2, 0.25) is 5.88 Å². The molecule has 2 aromatic carbocycles. The van der Waals surface area contributed by atoms with Gasteiger partial charge < -0.3 is 10.1 Å². The molecule has 27 heavy (non-hydrogen) atoms. The lowest BCUT2D eigenvalue weighted by atomic mass is 10.1. The van der Waals surface area contributed by atoms with Crippen LogP contribution in [0.15, 0.2) is 66.9 Å². The molecular weight excluding hydrogens is 340 g/mol. The van der Waals surface area contributed by atoms with Crippen LogP contribution in [-0.4, -0.2) is 27.8 Å². The van der Waals surface area contributed by atoms with E-state index >= 15 is 0 Å². The number of benzene rings is 2. The van der Waals surface area contributed by atoms with Crippen molar-refractivity contribution in [3.8, 4) is 11.6 Å². The first-order valence-electron chi connectivity index (χ1n) is 8.52. The Labute approximate surface area is 156 Å². The van der Waals surface area contributed by atoms with Crippen LogP contribution in [0.25, 0.3) is 16.5 Å². The molecule has 0 atom stereocenters. The number of anilines is 1. The molecule has 1 N–H and O–H groups in total. The lowest BCUT2D eigenvalue weighted by molar-refractivity contribution is 0.102. The van der Waals surface area contributed by atoms with Gasteiger partial charge in [-0.3, -0.25) is 4.79 Å². The normalized spacial score (nSPS) is 10.7. The lowest BCUT2D eigenvalue weighted by Gasteiger charge is -2.08. The third-order valence-corrected chi connectivity index (χ3v) is 4.28. The fourth-order valence-corrected chi connectivity index (χ4v) is 2.91. The van der Waals surface area contributed by atoms with Gasteiger partial charge in [-0.1, -0.05) is 36.4 Å². The van der Waals surface area contributed by atoms with Crippen LogP contribution >= 0.6 is 0 Å². The van der Waals surface area contributed by atoms with Crippen molar-refractivity contribution in [3.63, 3.8) is 0 Å². The number of carbonyl (C=O) groups excluding carboxylic acids is 1.